The van der Waals surface area contributed by atoms with Gasteiger partial charge in [-0.2, -0.15) is 0 Å². The van der Waals surface area contributed by atoms with Crippen LogP contribution in [-0.4, -0.2) is 102 Å². The van der Waals surface area contributed by atoms with E-state index in [2.05, 4.69) is 21.3 Å². The van der Waals surface area contributed by atoms with Crippen LogP contribution >= 0.6 is 0 Å². The van der Waals surface area contributed by atoms with Crippen LogP contribution in [0.25, 0.3) is 0 Å². The standard InChI is InChI=1S/C34H58N6O7S/c1-7-8-13-25(27(41)30(43)35-23-15-16-23)36-29(42)26-14-12-21-40(26)31(44)28(33(3,4)5)37-32(45)38-34(19-10-9-11-20-34)22(2)48(46,47)39(6)24-17-18-24/h22-26,28H,7-21H2,1-6H3,(H,35,43)(H,36,42)(H2,37,38,45)/t22-,25-,26-,28+/m0/s1. The van der Waals surface area contributed by atoms with E-state index in [0.29, 0.717) is 45.1 Å². The van der Waals surface area contributed by atoms with Gasteiger partial charge in [-0.3, -0.25) is 19.2 Å². The Morgan fingerprint density at radius 2 is 1.58 bits per heavy atom. The normalized spacial score (nSPS) is 23.1. The SMILES string of the molecule is CCCC[C@H](NC(=O)[C@@H]1CCCN1C(=O)[C@@H](NC(=O)NC1([C@H](C)S(=O)(=O)N(C)C2CC2)CCCCC1)C(C)(C)C)C(=O)C(=O)NC1CC1. The van der Waals surface area contributed by atoms with Crippen LogP contribution in [0.15, 0.2) is 0 Å². The number of Topliss-reactive ketones (excluding diaryl/α,β-unsaturated/α-hetero) is 1. The third kappa shape index (κ3) is 9.08. The molecule has 0 unspecified atom stereocenters. The molecule has 4 fully saturated rings. The lowest BCUT2D eigenvalue weighted by Crippen LogP contribution is -2.65. The van der Waals surface area contributed by atoms with Gasteiger partial charge in [-0.25, -0.2) is 17.5 Å². The maximum atomic E-state index is 14.2. The Bertz CT molecular complexity index is 1320. The van der Waals surface area contributed by atoms with Crippen molar-refractivity contribution >= 4 is 39.6 Å². The monoisotopic (exact) mass is 694 g/mol. The summed E-state index contributed by atoms with van der Waals surface area (Å²) in [6.45, 7) is 9.42. The molecular weight excluding hydrogens is 636 g/mol. The molecule has 48 heavy (non-hydrogen) atoms. The van der Waals surface area contributed by atoms with Crippen LogP contribution in [0, 0.1) is 5.41 Å². The van der Waals surface area contributed by atoms with Gasteiger partial charge in [0.25, 0.3) is 5.91 Å². The van der Waals surface area contributed by atoms with Crippen molar-refractivity contribution in [3.8, 4) is 0 Å². The Morgan fingerprint density at radius 3 is 2.15 bits per heavy atom. The Kier molecular flexibility index (Phi) is 12.2. The lowest BCUT2D eigenvalue weighted by molar-refractivity contribution is -0.143. The minimum Gasteiger partial charge on any atom is -0.347 e. The third-order valence-corrected chi connectivity index (χ3v) is 13.1. The lowest BCUT2D eigenvalue weighted by atomic mass is 9.79. The molecule has 3 aliphatic carbocycles. The molecule has 4 rings (SSSR count). The van der Waals surface area contributed by atoms with Crippen molar-refractivity contribution in [2.45, 2.75) is 166 Å². The fourth-order valence-corrected chi connectivity index (χ4v) is 9.08. The van der Waals surface area contributed by atoms with Crippen LogP contribution in [-0.2, 0) is 29.2 Å². The third-order valence-electron chi connectivity index (χ3n) is 10.6. The van der Waals surface area contributed by atoms with Gasteiger partial charge >= 0.3 is 6.03 Å². The summed E-state index contributed by atoms with van der Waals surface area (Å²) in [5.74, 6) is -2.29. The Hall–Kier alpha value is -2.74. The van der Waals surface area contributed by atoms with Crippen molar-refractivity contribution in [1.29, 1.82) is 0 Å². The molecule has 0 bridgehead atoms. The largest absolute Gasteiger partial charge is 0.347 e. The van der Waals surface area contributed by atoms with Crippen molar-refractivity contribution in [3.63, 3.8) is 0 Å². The molecular formula is C34H58N6O7S. The highest BCUT2D eigenvalue weighted by atomic mass is 32.2. The molecule has 5 amide bonds. The van der Waals surface area contributed by atoms with E-state index in [4.69, 9.17) is 0 Å². The molecule has 1 saturated heterocycles. The quantitative estimate of drug-likeness (QED) is 0.191. The first-order valence-corrected chi connectivity index (χ1v) is 19.5. The zero-order valence-corrected chi connectivity index (χ0v) is 30.5. The lowest BCUT2D eigenvalue weighted by Gasteiger charge is -2.44. The molecule has 0 radical (unpaired) electrons. The Labute approximate surface area is 286 Å². The van der Waals surface area contributed by atoms with Crippen molar-refractivity contribution < 1.29 is 32.4 Å². The molecule has 3 saturated carbocycles. The van der Waals surface area contributed by atoms with Gasteiger partial charge in [0.15, 0.2) is 0 Å². The van der Waals surface area contributed by atoms with Gasteiger partial charge in [0.05, 0.1) is 16.8 Å². The predicted octanol–water partition coefficient (Wildman–Crippen LogP) is 2.73. The second-order valence-corrected chi connectivity index (χ2v) is 17.9. The fourth-order valence-electron chi connectivity index (χ4n) is 7.09. The zero-order chi connectivity index (χ0) is 35.4. The number of nitrogens with zero attached hydrogens (tertiary/aromatic N) is 2. The van der Waals surface area contributed by atoms with Gasteiger partial charge in [-0.1, -0.05) is 59.8 Å². The fraction of sp³-hybridized carbons (Fsp3) is 0.853. The van der Waals surface area contributed by atoms with Crippen LogP contribution < -0.4 is 21.3 Å². The molecule has 0 aromatic carbocycles. The second-order valence-electron chi connectivity index (χ2n) is 15.6. The van der Waals surface area contributed by atoms with E-state index in [1.165, 1.54) is 9.21 Å². The number of hydrogen-bond acceptors (Lipinski definition) is 7. The predicted molar refractivity (Wildman–Crippen MR) is 182 cm³/mol. The average Bonchev–Trinajstić information content (AvgIpc) is 3.98. The van der Waals surface area contributed by atoms with Crippen LogP contribution in [0.3, 0.4) is 0 Å². The number of sulfonamides is 1. The van der Waals surface area contributed by atoms with Gasteiger partial charge in [-0.15, -0.1) is 0 Å². The van der Waals surface area contributed by atoms with E-state index in [1.54, 1.807) is 14.0 Å². The summed E-state index contributed by atoms with van der Waals surface area (Å²) in [4.78, 5) is 68.6. The highest BCUT2D eigenvalue weighted by Crippen LogP contribution is 2.38. The topological polar surface area (TPSA) is 174 Å². The molecule has 0 aromatic heterocycles. The minimum atomic E-state index is -3.69. The number of carbonyl (C=O) groups is 5. The average molecular weight is 695 g/mol. The van der Waals surface area contributed by atoms with Crippen molar-refractivity contribution in [2.24, 2.45) is 5.41 Å². The molecule has 1 aliphatic heterocycles. The molecule has 13 nitrogen and oxygen atoms in total. The molecule has 4 aliphatic rings. The van der Waals surface area contributed by atoms with Gasteiger partial charge < -0.3 is 26.2 Å². The zero-order valence-electron chi connectivity index (χ0n) is 29.7. The number of rotatable bonds is 15. The summed E-state index contributed by atoms with van der Waals surface area (Å²) in [7, 11) is -2.08. The maximum Gasteiger partial charge on any atom is 0.315 e. The maximum absolute atomic E-state index is 14.2. The number of ketones is 1. The molecule has 14 heteroatoms. The first-order chi connectivity index (χ1) is 22.5. The van der Waals surface area contributed by atoms with E-state index in [1.807, 2.05) is 27.7 Å². The highest BCUT2D eigenvalue weighted by Gasteiger charge is 2.50. The highest BCUT2D eigenvalue weighted by molar-refractivity contribution is 7.89. The van der Waals surface area contributed by atoms with E-state index < -0.39 is 73.9 Å². The number of carbonyl (C=O) groups excluding carboxylic acids is 5. The molecule has 0 aromatic rings. The van der Waals surface area contributed by atoms with E-state index >= 15 is 0 Å². The number of unbranched alkanes of at least 4 members (excludes halogenated alkanes) is 1. The molecule has 4 atom stereocenters. The Balaban J connectivity index is 1.47. The Morgan fingerprint density at radius 1 is 0.938 bits per heavy atom. The van der Waals surface area contributed by atoms with Crippen LogP contribution in [0.4, 0.5) is 4.79 Å². The second kappa shape index (κ2) is 15.4. The molecule has 4 N–H and O–H groups in total. The number of urea groups is 1. The van der Waals surface area contributed by atoms with Gasteiger partial charge in [0.2, 0.25) is 27.6 Å². The number of amides is 5. The van der Waals surface area contributed by atoms with Crippen molar-refractivity contribution in [2.75, 3.05) is 13.6 Å². The summed E-state index contributed by atoms with van der Waals surface area (Å²) >= 11 is 0. The van der Waals surface area contributed by atoms with Crippen LogP contribution in [0.5, 0.6) is 0 Å². The first kappa shape index (κ1) is 38.1. The summed E-state index contributed by atoms with van der Waals surface area (Å²) in [6.07, 6.45) is 9.57. The summed E-state index contributed by atoms with van der Waals surface area (Å²) in [5, 5.41) is 10.5. The van der Waals surface area contributed by atoms with Gasteiger partial charge in [0, 0.05) is 25.7 Å². The molecule has 1 heterocycles. The molecule has 0 spiro atoms. The van der Waals surface area contributed by atoms with E-state index in [0.717, 1.165) is 51.4 Å². The first-order valence-electron chi connectivity index (χ1n) is 18.0. The number of likely N-dealkylation sites (tertiary alicyclic amines) is 1. The number of hydrogen-bond donors (Lipinski definition) is 4. The molecule has 272 valence electrons. The van der Waals surface area contributed by atoms with Crippen LogP contribution in [0.1, 0.15) is 125 Å². The minimum absolute atomic E-state index is 0.000329. The van der Waals surface area contributed by atoms with E-state index in [-0.39, 0.29) is 12.1 Å². The van der Waals surface area contributed by atoms with E-state index in [9.17, 15) is 32.4 Å². The summed E-state index contributed by atoms with van der Waals surface area (Å²) < 4.78 is 28.7. The van der Waals surface area contributed by atoms with Crippen molar-refractivity contribution in [1.82, 2.24) is 30.5 Å². The van der Waals surface area contributed by atoms with Crippen LogP contribution in [0.2, 0.25) is 0 Å². The summed E-state index contributed by atoms with van der Waals surface area (Å²) in [5.41, 5.74) is -1.74. The van der Waals surface area contributed by atoms with Crippen molar-refractivity contribution in [3.05, 3.63) is 0 Å². The van der Waals surface area contributed by atoms with Gasteiger partial charge in [0.1, 0.15) is 12.1 Å². The number of nitrogens with one attached hydrogen (secondary N) is 4. The smallest absolute Gasteiger partial charge is 0.315 e. The van der Waals surface area contributed by atoms with Gasteiger partial charge in [-0.05, 0) is 70.1 Å². The summed E-state index contributed by atoms with van der Waals surface area (Å²) in [6, 6.07) is -3.47.